The molecule has 6 heteroatoms. The van der Waals surface area contributed by atoms with Gasteiger partial charge < -0.3 is 14.5 Å². The minimum Gasteiger partial charge on any atom is -0.459 e. The van der Waals surface area contributed by atoms with Crippen molar-refractivity contribution in [2.24, 2.45) is 0 Å². The first-order valence-electron chi connectivity index (χ1n) is 9.11. The number of anilines is 1. The molecule has 0 aliphatic heterocycles. The lowest BCUT2D eigenvalue weighted by molar-refractivity contribution is 0.0635. The zero-order chi connectivity index (χ0) is 20.3. The van der Waals surface area contributed by atoms with Gasteiger partial charge in [-0.25, -0.2) is 4.79 Å². The summed E-state index contributed by atoms with van der Waals surface area (Å²) in [6.45, 7) is 7.25. The van der Waals surface area contributed by atoms with Gasteiger partial charge in [0.15, 0.2) is 0 Å². The molecule has 0 bridgehead atoms. The Kier molecular flexibility index (Phi) is 5.40. The van der Waals surface area contributed by atoms with Gasteiger partial charge in [-0.1, -0.05) is 18.2 Å². The zero-order valence-electron chi connectivity index (χ0n) is 16.4. The molecule has 0 saturated carbocycles. The summed E-state index contributed by atoms with van der Waals surface area (Å²) in [5.41, 5.74) is 1.25. The molecule has 0 aliphatic carbocycles. The topological polar surface area (TPSA) is 80.6 Å². The fourth-order valence-electron chi connectivity index (χ4n) is 2.69. The van der Waals surface area contributed by atoms with Crippen molar-refractivity contribution in [1.82, 2.24) is 5.32 Å². The third-order valence-electron chi connectivity index (χ3n) is 4.01. The number of furan rings is 1. The first-order chi connectivity index (χ1) is 13.2. The number of benzene rings is 2. The lowest BCUT2D eigenvalue weighted by Gasteiger charge is -2.19. The molecule has 1 aromatic heterocycles. The summed E-state index contributed by atoms with van der Waals surface area (Å²) < 4.78 is 11.0. The quantitative estimate of drug-likeness (QED) is 0.646. The lowest BCUT2D eigenvalue weighted by Crippen LogP contribution is -2.27. The maximum atomic E-state index is 12.5. The second kappa shape index (κ2) is 7.76. The van der Waals surface area contributed by atoms with E-state index in [2.05, 4.69) is 10.6 Å². The van der Waals surface area contributed by atoms with Gasteiger partial charge in [-0.2, -0.15) is 0 Å². The molecule has 0 saturated heterocycles. The zero-order valence-corrected chi connectivity index (χ0v) is 16.4. The average molecular weight is 380 g/mol. The van der Waals surface area contributed by atoms with Crippen molar-refractivity contribution in [2.75, 3.05) is 5.32 Å². The van der Waals surface area contributed by atoms with Gasteiger partial charge >= 0.3 is 6.09 Å². The molecule has 1 atom stereocenters. The highest BCUT2D eigenvalue weighted by Crippen LogP contribution is 2.24. The van der Waals surface area contributed by atoms with Crippen LogP contribution in [0.5, 0.6) is 0 Å². The number of amides is 2. The van der Waals surface area contributed by atoms with Gasteiger partial charge in [-0.15, -0.1) is 0 Å². The number of ether oxygens (including phenoxy) is 1. The van der Waals surface area contributed by atoms with Crippen LogP contribution in [-0.2, 0) is 4.74 Å². The SMILES string of the molecule is C[C@H](NC(=O)c1ccc(NC(=O)OC(C)(C)C)cc1)c1cc2ccccc2o1. The number of hydrogen-bond acceptors (Lipinski definition) is 4. The van der Waals surface area contributed by atoms with Crippen LogP contribution >= 0.6 is 0 Å². The summed E-state index contributed by atoms with van der Waals surface area (Å²) >= 11 is 0. The van der Waals surface area contributed by atoms with E-state index >= 15 is 0 Å². The Balaban J connectivity index is 1.61. The van der Waals surface area contributed by atoms with Crippen molar-refractivity contribution in [3.05, 3.63) is 65.9 Å². The van der Waals surface area contributed by atoms with Crippen LogP contribution in [0.2, 0.25) is 0 Å². The van der Waals surface area contributed by atoms with Crippen LogP contribution in [-0.4, -0.2) is 17.6 Å². The lowest BCUT2D eigenvalue weighted by atomic mass is 10.1. The molecule has 0 spiro atoms. The van der Waals surface area contributed by atoms with Crippen molar-refractivity contribution in [2.45, 2.75) is 39.3 Å². The molecule has 2 N–H and O–H groups in total. The molecule has 146 valence electrons. The largest absolute Gasteiger partial charge is 0.459 e. The van der Waals surface area contributed by atoms with Crippen molar-refractivity contribution in [1.29, 1.82) is 0 Å². The predicted molar refractivity (Wildman–Crippen MR) is 108 cm³/mol. The van der Waals surface area contributed by atoms with Crippen molar-refractivity contribution in [3.63, 3.8) is 0 Å². The Hall–Kier alpha value is -3.28. The third kappa shape index (κ3) is 4.91. The Morgan fingerprint density at radius 1 is 1.04 bits per heavy atom. The number of carbonyl (C=O) groups is 2. The number of rotatable bonds is 4. The molecule has 3 aromatic rings. The van der Waals surface area contributed by atoms with Crippen molar-refractivity contribution >= 4 is 28.7 Å². The monoisotopic (exact) mass is 380 g/mol. The van der Waals surface area contributed by atoms with Gasteiger partial charge in [0.1, 0.15) is 16.9 Å². The Morgan fingerprint density at radius 3 is 2.36 bits per heavy atom. The van der Waals surface area contributed by atoms with Gasteiger partial charge in [0.2, 0.25) is 0 Å². The van der Waals surface area contributed by atoms with E-state index in [4.69, 9.17) is 9.15 Å². The molecule has 28 heavy (non-hydrogen) atoms. The summed E-state index contributed by atoms with van der Waals surface area (Å²) in [6, 6.07) is 16.0. The van der Waals surface area contributed by atoms with E-state index in [0.29, 0.717) is 17.0 Å². The molecular formula is C22H24N2O4. The first-order valence-corrected chi connectivity index (χ1v) is 9.11. The van der Waals surface area contributed by atoms with E-state index in [1.165, 1.54) is 0 Å². The van der Waals surface area contributed by atoms with Crippen LogP contribution in [0.15, 0.2) is 59.0 Å². The smallest absolute Gasteiger partial charge is 0.412 e. The second-order valence-electron chi connectivity index (χ2n) is 7.59. The fraction of sp³-hybridized carbons (Fsp3) is 0.273. The Bertz CT molecular complexity index is 951. The van der Waals surface area contributed by atoms with E-state index in [-0.39, 0.29) is 11.9 Å². The molecule has 1 heterocycles. The Morgan fingerprint density at radius 2 is 1.71 bits per heavy atom. The highest BCUT2D eigenvalue weighted by molar-refractivity contribution is 5.95. The summed E-state index contributed by atoms with van der Waals surface area (Å²) in [5, 5.41) is 6.55. The molecule has 0 radical (unpaired) electrons. The predicted octanol–water partition coefficient (Wildman–Crippen LogP) is 5.27. The van der Waals surface area contributed by atoms with Crippen LogP contribution in [0.4, 0.5) is 10.5 Å². The molecule has 6 nitrogen and oxygen atoms in total. The number of para-hydroxylation sites is 1. The van der Waals surface area contributed by atoms with Gasteiger partial charge in [0.05, 0.1) is 6.04 Å². The summed E-state index contributed by atoms with van der Waals surface area (Å²) in [6.07, 6.45) is -0.539. The van der Waals surface area contributed by atoms with Crippen LogP contribution in [0.1, 0.15) is 49.9 Å². The van der Waals surface area contributed by atoms with Gasteiger partial charge in [-0.3, -0.25) is 10.1 Å². The molecule has 0 unspecified atom stereocenters. The third-order valence-corrected chi connectivity index (χ3v) is 4.01. The molecular weight excluding hydrogens is 356 g/mol. The average Bonchev–Trinajstić information content (AvgIpc) is 3.05. The number of hydrogen-bond donors (Lipinski definition) is 2. The summed E-state index contributed by atoms with van der Waals surface area (Å²) in [5.74, 6) is 0.467. The van der Waals surface area contributed by atoms with Gasteiger partial charge in [-0.05, 0) is 64.1 Å². The highest BCUT2D eigenvalue weighted by atomic mass is 16.6. The van der Waals surface area contributed by atoms with Crippen molar-refractivity contribution < 1.29 is 18.7 Å². The maximum Gasteiger partial charge on any atom is 0.412 e. The normalized spacial score (nSPS) is 12.4. The van der Waals surface area contributed by atoms with E-state index in [9.17, 15) is 9.59 Å². The molecule has 3 rings (SSSR count). The van der Waals surface area contributed by atoms with Crippen LogP contribution in [0.25, 0.3) is 11.0 Å². The van der Waals surface area contributed by atoms with E-state index in [1.807, 2.05) is 37.3 Å². The van der Waals surface area contributed by atoms with Crippen molar-refractivity contribution in [3.8, 4) is 0 Å². The van der Waals surface area contributed by atoms with Crippen LogP contribution in [0.3, 0.4) is 0 Å². The van der Waals surface area contributed by atoms with Crippen LogP contribution in [0, 0.1) is 0 Å². The van der Waals surface area contributed by atoms with E-state index in [0.717, 1.165) is 11.0 Å². The minimum absolute atomic E-state index is 0.225. The molecule has 0 aliphatic rings. The minimum atomic E-state index is -0.573. The maximum absolute atomic E-state index is 12.5. The van der Waals surface area contributed by atoms with E-state index in [1.54, 1.807) is 45.0 Å². The van der Waals surface area contributed by atoms with Gasteiger partial charge in [0, 0.05) is 16.6 Å². The molecule has 0 fully saturated rings. The standard InChI is InChI=1S/C22H24N2O4/c1-14(19-13-16-7-5-6-8-18(16)27-19)23-20(25)15-9-11-17(12-10-15)24-21(26)28-22(2,3)4/h5-14H,1-4H3,(H,23,25)(H,24,26)/t14-/m0/s1. The van der Waals surface area contributed by atoms with Crippen LogP contribution < -0.4 is 10.6 Å². The number of carbonyl (C=O) groups excluding carboxylic acids is 2. The Labute approximate surface area is 163 Å². The summed E-state index contributed by atoms with van der Waals surface area (Å²) in [7, 11) is 0. The first kappa shape index (κ1) is 19.5. The van der Waals surface area contributed by atoms with E-state index < -0.39 is 11.7 Å². The number of nitrogens with one attached hydrogen (secondary N) is 2. The summed E-state index contributed by atoms with van der Waals surface area (Å²) in [4.78, 5) is 24.3. The molecule has 2 amide bonds. The second-order valence-corrected chi connectivity index (χ2v) is 7.59. The fourth-order valence-corrected chi connectivity index (χ4v) is 2.69. The molecule has 2 aromatic carbocycles. The number of fused-ring (bicyclic) bond motifs is 1. The van der Waals surface area contributed by atoms with Gasteiger partial charge in [0.25, 0.3) is 5.91 Å². The highest BCUT2D eigenvalue weighted by Gasteiger charge is 2.17.